The van der Waals surface area contributed by atoms with Crippen molar-refractivity contribution in [3.05, 3.63) is 12.7 Å². The summed E-state index contributed by atoms with van der Waals surface area (Å²) in [4.78, 5) is 13.4. The van der Waals surface area contributed by atoms with Crippen LogP contribution >= 0.6 is 0 Å². The van der Waals surface area contributed by atoms with Gasteiger partial charge in [-0.25, -0.2) is 0 Å². The molecule has 3 N–H and O–H groups in total. The number of amides is 1. The van der Waals surface area contributed by atoms with Crippen molar-refractivity contribution in [2.24, 2.45) is 0 Å². The quantitative estimate of drug-likeness (QED) is 0.638. The van der Waals surface area contributed by atoms with E-state index >= 15 is 0 Å². The maximum absolute atomic E-state index is 11.7. The molecule has 80 valence electrons. The standard InChI is InChI=1S/C10H18N2O2/c1-4-5-8-7-14-10(2,3)12(8)9(13)6-11/h4,8H,1,5-7,11H2,2-3H3/p+1/t8-/m0/s1. The van der Waals surface area contributed by atoms with Gasteiger partial charge in [-0.15, -0.1) is 6.58 Å². The van der Waals surface area contributed by atoms with Crippen molar-refractivity contribution >= 4 is 5.91 Å². The average Bonchev–Trinajstić information content (AvgIpc) is 2.41. The van der Waals surface area contributed by atoms with Crippen molar-refractivity contribution in [1.29, 1.82) is 0 Å². The molecule has 0 aliphatic carbocycles. The van der Waals surface area contributed by atoms with Gasteiger partial charge in [0.1, 0.15) is 5.72 Å². The van der Waals surface area contributed by atoms with Crippen LogP contribution in [0.4, 0.5) is 0 Å². The maximum atomic E-state index is 11.7. The van der Waals surface area contributed by atoms with Crippen molar-refractivity contribution in [1.82, 2.24) is 4.90 Å². The normalized spacial score (nSPS) is 25.1. The van der Waals surface area contributed by atoms with Gasteiger partial charge in [-0.3, -0.25) is 4.79 Å². The Hall–Kier alpha value is -0.870. The summed E-state index contributed by atoms with van der Waals surface area (Å²) in [6.45, 7) is 8.36. The van der Waals surface area contributed by atoms with Crippen molar-refractivity contribution in [2.75, 3.05) is 13.2 Å². The Morgan fingerprint density at radius 3 is 2.93 bits per heavy atom. The van der Waals surface area contributed by atoms with Gasteiger partial charge in [0.25, 0.3) is 5.91 Å². The molecule has 1 fully saturated rings. The lowest BCUT2D eigenvalue weighted by Gasteiger charge is -2.32. The van der Waals surface area contributed by atoms with Crippen LogP contribution in [0.2, 0.25) is 0 Å². The molecule has 1 saturated heterocycles. The van der Waals surface area contributed by atoms with Gasteiger partial charge in [0.2, 0.25) is 0 Å². The molecule has 0 bridgehead atoms. The molecular weight excluding hydrogens is 180 g/mol. The van der Waals surface area contributed by atoms with Crippen molar-refractivity contribution in [3.8, 4) is 0 Å². The number of quaternary nitrogens is 1. The predicted octanol–water partition coefficient (Wildman–Crippen LogP) is -0.232. The molecule has 1 aliphatic rings. The predicted molar refractivity (Wildman–Crippen MR) is 53.2 cm³/mol. The van der Waals surface area contributed by atoms with Gasteiger partial charge in [-0.1, -0.05) is 6.08 Å². The summed E-state index contributed by atoms with van der Waals surface area (Å²) in [6.07, 6.45) is 2.59. The van der Waals surface area contributed by atoms with Gasteiger partial charge in [-0.2, -0.15) is 0 Å². The van der Waals surface area contributed by atoms with E-state index < -0.39 is 5.72 Å². The molecule has 4 heteroatoms. The molecular formula is C10H19N2O2+. The Morgan fingerprint density at radius 2 is 2.43 bits per heavy atom. The van der Waals surface area contributed by atoms with Crippen LogP contribution in [0.5, 0.6) is 0 Å². The summed E-state index contributed by atoms with van der Waals surface area (Å²) in [6, 6.07) is 0.122. The van der Waals surface area contributed by atoms with Crippen LogP contribution in [-0.2, 0) is 9.53 Å². The third kappa shape index (κ3) is 1.96. The molecule has 14 heavy (non-hydrogen) atoms. The Kier molecular flexibility index (Phi) is 3.29. The first-order valence-corrected chi connectivity index (χ1v) is 4.89. The highest BCUT2D eigenvalue weighted by Gasteiger charge is 2.42. The number of ether oxygens (including phenoxy) is 1. The van der Waals surface area contributed by atoms with Crippen LogP contribution in [0.15, 0.2) is 12.7 Å². The van der Waals surface area contributed by atoms with Gasteiger partial charge >= 0.3 is 0 Å². The van der Waals surface area contributed by atoms with E-state index in [-0.39, 0.29) is 18.5 Å². The van der Waals surface area contributed by atoms with Crippen LogP contribution < -0.4 is 5.73 Å². The van der Waals surface area contributed by atoms with Gasteiger partial charge in [0.05, 0.1) is 12.6 Å². The van der Waals surface area contributed by atoms with E-state index in [1.165, 1.54) is 0 Å². The summed E-state index contributed by atoms with van der Waals surface area (Å²) in [5, 5.41) is 0. The van der Waals surface area contributed by atoms with Gasteiger partial charge < -0.3 is 15.4 Å². The summed E-state index contributed by atoms with van der Waals surface area (Å²) in [7, 11) is 0. The summed E-state index contributed by atoms with van der Waals surface area (Å²) >= 11 is 0. The monoisotopic (exact) mass is 199 g/mol. The van der Waals surface area contributed by atoms with Crippen LogP contribution in [0.25, 0.3) is 0 Å². The highest BCUT2D eigenvalue weighted by molar-refractivity contribution is 5.78. The van der Waals surface area contributed by atoms with E-state index in [0.717, 1.165) is 6.42 Å². The molecule has 1 atom stereocenters. The highest BCUT2D eigenvalue weighted by Crippen LogP contribution is 2.28. The lowest BCUT2D eigenvalue weighted by molar-refractivity contribution is -0.358. The van der Waals surface area contributed by atoms with Gasteiger partial charge in [0.15, 0.2) is 6.54 Å². The smallest absolute Gasteiger partial charge is 0.280 e. The lowest BCUT2D eigenvalue weighted by Crippen LogP contribution is -2.61. The molecule has 1 aliphatic heterocycles. The number of hydrogen-bond acceptors (Lipinski definition) is 2. The molecule has 0 aromatic carbocycles. The second-order valence-electron chi connectivity index (χ2n) is 3.95. The topological polar surface area (TPSA) is 57.2 Å². The number of rotatable bonds is 3. The fourth-order valence-electron chi connectivity index (χ4n) is 1.87. The number of carbonyl (C=O) groups is 1. The molecule has 4 nitrogen and oxygen atoms in total. The van der Waals surface area contributed by atoms with Crippen molar-refractivity contribution in [2.45, 2.75) is 32.0 Å². The third-order valence-electron chi connectivity index (χ3n) is 2.50. The molecule has 1 rings (SSSR count). The zero-order valence-electron chi connectivity index (χ0n) is 8.95. The molecule has 1 heterocycles. The zero-order chi connectivity index (χ0) is 10.8. The molecule has 0 unspecified atom stereocenters. The SMILES string of the molecule is C=CC[C@H]1COC(C)(C)N1C(=O)C[NH3+]. The van der Waals surface area contributed by atoms with E-state index in [9.17, 15) is 4.79 Å². The van der Waals surface area contributed by atoms with Gasteiger partial charge in [0, 0.05) is 0 Å². The largest absolute Gasteiger partial charge is 0.354 e. The first-order valence-electron chi connectivity index (χ1n) is 4.89. The van der Waals surface area contributed by atoms with Crippen LogP contribution in [-0.4, -0.2) is 35.7 Å². The molecule has 0 spiro atoms. The first kappa shape index (κ1) is 11.2. The Morgan fingerprint density at radius 1 is 1.79 bits per heavy atom. The Bertz CT molecular complexity index is 238. The summed E-state index contributed by atoms with van der Waals surface area (Å²) < 4.78 is 5.57. The van der Waals surface area contributed by atoms with E-state index in [4.69, 9.17) is 4.74 Å². The fraction of sp³-hybridized carbons (Fsp3) is 0.700. The molecule has 0 aromatic heterocycles. The number of nitrogens with zero attached hydrogens (tertiary/aromatic N) is 1. The molecule has 0 saturated carbocycles. The van der Waals surface area contributed by atoms with E-state index in [1.807, 2.05) is 19.9 Å². The Balaban J connectivity index is 2.80. The van der Waals surface area contributed by atoms with Gasteiger partial charge in [-0.05, 0) is 20.3 Å². The van der Waals surface area contributed by atoms with Crippen LogP contribution in [0, 0.1) is 0 Å². The summed E-state index contributed by atoms with van der Waals surface area (Å²) in [5.74, 6) is 0.0411. The van der Waals surface area contributed by atoms with Crippen LogP contribution in [0.3, 0.4) is 0 Å². The minimum absolute atomic E-state index is 0.0411. The molecule has 1 amide bonds. The zero-order valence-corrected chi connectivity index (χ0v) is 8.95. The second-order valence-corrected chi connectivity index (χ2v) is 3.95. The lowest BCUT2D eigenvalue weighted by atomic mass is 10.1. The third-order valence-corrected chi connectivity index (χ3v) is 2.50. The number of carbonyl (C=O) groups excluding carboxylic acids is 1. The van der Waals surface area contributed by atoms with E-state index in [1.54, 1.807) is 4.90 Å². The first-order chi connectivity index (χ1) is 6.53. The maximum Gasteiger partial charge on any atom is 0.280 e. The van der Waals surface area contributed by atoms with Crippen molar-refractivity contribution in [3.63, 3.8) is 0 Å². The van der Waals surface area contributed by atoms with Crippen LogP contribution in [0.1, 0.15) is 20.3 Å². The highest BCUT2D eigenvalue weighted by atomic mass is 16.5. The average molecular weight is 199 g/mol. The van der Waals surface area contributed by atoms with E-state index in [2.05, 4.69) is 12.3 Å². The minimum atomic E-state index is -0.498. The molecule has 0 aromatic rings. The van der Waals surface area contributed by atoms with Crippen molar-refractivity contribution < 1.29 is 15.3 Å². The summed E-state index contributed by atoms with van der Waals surface area (Å²) in [5.41, 5.74) is 3.12. The minimum Gasteiger partial charge on any atom is -0.354 e. The molecule has 0 radical (unpaired) electrons. The fourth-order valence-corrected chi connectivity index (χ4v) is 1.87. The van der Waals surface area contributed by atoms with E-state index in [0.29, 0.717) is 6.61 Å². The Labute approximate surface area is 84.7 Å². The second kappa shape index (κ2) is 4.11. The number of hydrogen-bond donors (Lipinski definition) is 1.